The zero-order valence-corrected chi connectivity index (χ0v) is 15.1. The molecule has 0 aromatic heterocycles. The number of benzene rings is 2. The van der Waals surface area contributed by atoms with Gasteiger partial charge in [-0.05, 0) is 41.1 Å². The van der Waals surface area contributed by atoms with Gasteiger partial charge in [0.2, 0.25) is 0 Å². The molecular weight excluding hydrogens is 337 g/mol. The summed E-state index contributed by atoms with van der Waals surface area (Å²) in [4.78, 5) is 14.6. The third-order valence-corrected chi connectivity index (χ3v) is 5.21. The number of halogens is 1. The first-order valence-electron chi connectivity index (χ1n) is 8.50. The Kier molecular flexibility index (Phi) is 6.10. The van der Waals surface area contributed by atoms with Crippen LogP contribution in [0.2, 0.25) is 0 Å². The van der Waals surface area contributed by atoms with Crippen LogP contribution in [0.1, 0.15) is 34.5 Å². The quantitative estimate of drug-likeness (QED) is 0.797. The lowest BCUT2D eigenvalue weighted by Gasteiger charge is -2.33. The first kappa shape index (κ1) is 18.0. The van der Waals surface area contributed by atoms with Crippen molar-refractivity contribution in [2.75, 3.05) is 25.4 Å². The molecule has 0 bridgehead atoms. The Balaban J connectivity index is 1.66. The maximum absolute atomic E-state index is 13.1. The predicted octanol–water partition coefficient (Wildman–Crippen LogP) is 4.29. The molecule has 0 spiro atoms. The highest BCUT2D eigenvalue weighted by Crippen LogP contribution is 2.24. The van der Waals surface area contributed by atoms with Crippen molar-refractivity contribution < 1.29 is 13.9 Å². The van der Waals surface area contributed by atoms with E-state index in [4.69, 9.17) is 4.74 Å². The van der Waals surface area contributed by atoms with Crippen molar-refractivity contribution in [3.63, 3.8) is 0 Å². The minimum atomic E-state index is -0.270. The molecule has 0 saturated carbocycles. The standard InChI is InChI=1S/C20H22FNO2S/c1-2-25-14-15-3-5-17(6-4-15)20(23)22-11-12-24-19(13-22)16-7-9-18(21)10-8-16/h3-10,19H,2,11-14H2,1H3. The van der Waals surface area contributed by atoms with E-state index < -0.39 is 0 Å². The highest BCUT2D eigenvalue weighted by Gasteiger charge is 2.26. The molecule has 1 fully saturated rings. The minimum Gasteiger partial charge on any atom is -0.370 e. The van der Waals surface area contributed by atoms with Gasteiger partial charge in [0.25, 0.3) is 5.91 Å². The average molecular weight is 359 g/mol. The van der Waals surface area contributed by atoms with E-state index in [0.29, 0.717) is 25.3 Å². The third-order valence-electron chi connectivity index (χ3n) is 4.27. The van der Waals surface area contributed by atoms with Crippen LogP contribution in [-0.2, 0) is 10.5 Å². The summed E-state index contributed by atoms with van der Waals surface area (Å²) in [5.74, 6) is 1.80. The molecule has 2 aromatic carbocycles. The number of nitrogens with zero attached hydrogens (tertiary/aromatic N) is 1. The molecule has 2 aromatic rings. The molecule has 1 aliphatic heterocycles. The van der Waals surface area contributed by atoms with Crippen LogP contribution in [0.15, 0.2) is 48.5 Å². The van der Waals surface area contributed by atoms with Gasteiger partial charge in [-0.1, -0.05) is 31.2 Å². The normalized spacial score (nSPS) is 17.5. The number of hydrogen-bond acceptors (Lipinski definition) is 3. The lowest BCUT2D eigenvalue weighted by atomic mass is 10.1. The SMILES string of the molecule is CCSCc1ccc(C(=O)N2CCOC(c3ccc(F)cc3)C2)cc1. The molecule has 0 aliphatic carbocycles. The fourth-order valence-electron chi connectivity index (χ4n) is 2.86. The molecule has 3 rings (SSSR count). The molecule has 1 amide bonds. The Morgan fingerprint density at radius 2 is 1.92 bits per heavy atom. The van der Waals surface area contributed by atoms with E-state index in [2.05, 4.69) is 6.92 Å². The summed E-state index contributed by atoms with van der Waals surface area (Å²) in [5.41, 5.74) is 2.82. The highest BCUT2D eigenvalue weighted by atomic mass is 32.2. The fourth-order valence-corrected chi connectivity index (χ4v) is 3.49. The van der Waals surface area contributed by atoms with Crippen LogP contribution >= 0.6 is 11.8 Å². The number of amides is 1. The summed E-state index contributed by atoms with van der Waals surface area (Å²) < 4.78 is 18.8. The van der Waals surface area contributed by atoms with Gasteiger partial charge in [0, 0.05) is 17.9 Å². The molecule has 1 saturated heterocycles. The monoisotopic (exact) mass is 359 g/mol. The van der Waals surface area contributed by atoms with Gasteiger partial charge in [-0.2, -0.15) is 11.8 Å². The first-order chi connectivity index (χ1) is 12.2. The van der Waals surface area contributed by atoms with Gasteiger partial charge in [0.15, 0.2) is 0 Å². The summed E-state index contributed by atoms with van der Waals surface area (Å²) in [7, 11) is 0. The zero-order valence-electron chi connectivity index (χ0n) is 14.3. The number of hydrogen-bond donors (Lipinski definition) is 0. The van der Waals surface area contributed by atoms with Gasteiger partial charge in [0.05, 0.1) is 13.2 Å². The molecule has 25 heavy (non-hydrogen) atoms. The number of morpholine rings is 1. The number of ether oxygens (including phenoxy) is 1. The Labute approximate surface area is 152 Å². The molecule has 5 heteroatoms. The van der Waals surface area contributed by atoms with Crippen molar-refractivity contribution in [3.8, 4) is 0 Å². The van der Waals surface area contributed by atoms with E-state index in [-0.39, 0.29) is 17.8 Å². The smallest absolute Gasteiger partial charge is 0.254 e. The lowest BCUT2D eigenvalue weighted by molar-refractivity contribution is -0.0228. The van der Waals surface area contributed by atoms with Crippen molar-refractivity contribution in [2.45, 2.75) is 18.8 Å². The van der Waals surface area contributed by atoms with Gasteiger partial charge >= 0.3 is 0 Å². The lowest BCUT2D eigenvalue weighted by Crippen LogP contribution is -2.42. The van der Waals surface area contributed by atoms with Crippen LogP contribution in [0.3, 0.4) is 0 Å². The van der Waals surface area contributed by atoms with Crippen LogP contribution in [0, 0.1) is 5.82 Å². The molecule has 0 N–H and O–H groups in total. The summed E-state index contributed by atoms with van der Waals surface area (Å²) >= 11 is 1.86. The maximum atomic E-state index is 13.1. The van der Waals surface area contributed by atoms with Crippen LogP contribution < -0.4 is 0 Å². The Bertz CT molecular complexity index is 703. The summed E-state index contributed by atoms with van der Waals surface area (Å²) in [6.07, 6.45) is -0.210. The molecule has 1 atom stereocenters. The maximum Gasteiger partial charge on any atom is 0.254 e. The topological polar surface area (TPSA) is 29.5 Å². The van der Waals surface area contributed by atoms with Crippen LogP contribution in [0.25, 0.3) is 0 Å². The summed E-state index contributed by atoms with van der Waals surface area (Å²) in [5, 5.41) is 0. The largest absolute Gasteiger partial charge is 0.370 e. The second-order valence-corrected chi connectivity index (χ2v) is 7.27. The van der Waals surface area contributed by atoms with Crippen LogP contribution in [-0.4, -0.2) is 36.3 Å². The first-order valence-corrected chi connectivity index (χ1v) is 9.66. The number of carbonyl (C=O) groups is 1. The highest BCUT2D eigenvalue weighted by molar-refractivity contribution is 7.98. The Hall–Kier alpha value is -1.85. The van der Waals surface area contributed by atoms with E-state index in [1.807, 2.05) is 40.9 Å². The van der Waals surface area contributed by atoms with E-state index in [0.717, 1.165) is 17.1 Å². The number of rotatable bonds is 5. The average Bonchev–Trinajstić information content (AvgIpc) is 2.67. The van der Waals surface area contributed by atoms with Gasteiger partial charge in [-0.3, -0.25) is 4.79 Å². The number of carbonyl (C=O) groups excluding carboxylic acids is 1. The molecule has 0 radical (unpaired) electrons. The van der Waals surface area contributed by atoms with Crippen molar-refractivity contribution >= 4 is 17.7 Å². The molecule has 3 nitrogen and oxygen atoms in total. The van der Waals surface area contributed by atoms with Gasteiger partial charge < -0.3 is 9.64 Å². The third kappa shape index (κ3) is 4.61. The second kappa shape index (κ2) is 8.50. The zero-order chi connectivity index (χ0) is 17.6. The van der Waals surface area contributed by atoms with Crippen molar-refractivity contribution in [1.29, 1.82) is 0 Å². The Morgan fingerprint density at radius 1 is 1.20 bits per heavy atom. The second-order valence-electron chi connectivity index (χ2n) is 6.00. The van der Waals surface area contributed by atoms with Gasteiger partial charge in [0.1, 0.15) is 11.9 Å². The fraction of sp³-hybridized carbons (Fsp3) is 0.350. The summed E-state index contributed by atoms with van der Waals surface area (Å²) in [6.45, 7) is 3.68. The molecule has 1 heterocycles. The Morgan fingerprint density at radius 3 is 2.60 bits per heavy atom. The molecule has 1 aliphatic rings. The summed E-state index contributed by atoms with van der Waals surface area (Å²) in [6, 6.07) is 14.1. The van der Waals surface area contributed by atoms with Crippen molar-refractivity contribution in [3.05, 3.63) is 71.0 Å². The van der Waals surface area contributed by atoms with E-state index in [1.54, 1.807) is 12.1 Å². The van der Waals surface area contributed by atoms with E-state index in [9.17, 15) is 9.18 Å². The van der Waals surface area contributed by atoms with Crippen LogP contribution in [0.5, 0.6) is 0 Å². The van der Waals surface area contributed by atoms with Crippen LogP contribution in [0.4, 0.5) is 4.39 Å². The van der Waals surface area contributed by atoms with E-state index in [1.165, 1.54) is 17.7 Å². The van der Waals surface area contributed by atoms with Gasteiger partial charge in [-0.15, -0.1) is 0 Å². The van der Waals surface area contributed by atoms with E-state index >= 15 is 0 Å². The van der Waals surface area contributed by atoms with Crippen molar-refractivity contribution in [2.24, 2.45) is 0 Å². The predicted molar refractivity (Wildman–Crippen MR) is 99.3 cm³/mol. The molecule has 132 valence electrons. The number of thioether (sulfide) groups is 1. The molecular formula is C20H22FNO2S. The minimum absolute atomic E-state index is 0.0186. The molecule has 1 unspecified atom stereocenters. The van der Waals surface area contributed by atoms with Gasteiger partial charge in [-0.25, -0.2) is 4.39 Å². The van der Waals surface area contributed by atoms with Crippen molar-refractivity contribution in [1.82, 2.24) is 4.90 Å².